The molecule has 4 heteroatoms. The molecule has 1 aromatic heterocycles. The van der Waals surface area contributed by atoms with Crippen molar-refractivity contribution < 1.29 is 4.39 Å². The Kier molecular flexibility index (Phi) is 4.87. The molecule has 0 fully saturated rings. The third-order valence-electron chi connectivity index (χ3n) is 2.01. The summed E-state index contributed by atoms with van der Waals surface area (Å²) in [5.41, 5.74) is -0.0206. The zero-order chi connectivity index (χ0) is 10.4. The van der Waals surface area contributed by atoms with Gasteiger partial charge in [-0.25, -0.2) is 0 Å². The van der Waals surface area contributed by atoms with Crippen molar-refractivity contribution in [2.45, 2.75) is 25.8 Å². The summed E-state index contributed by atoms with van der Waals surface area (Å²) >= 11 is 3.18. The minimum atomic E-state index is -0.270. The Bertz CT molecular complexity index is 337. The molecule has 1 rings (SSSR count). The second-order valence-electron chi connectivity index (χ2n) is 3.10. The highest BCUT2D eigenvalue weighted by Gasteiger charge is 1.98. The summed E-state index contributed by atoms with van der Waals surface area (Å²) in [7, 11) is 0. The lowest BCUT2D eigenvalue weighted by molar-refractivity contribution is 0.446. The molecule has 0 saturated carbocycles. The molecule has 78 valence electrons. The van der Waals surface area contributed by atoms with Gasteiger partial charge in [-0.2, -0.15) is 0 Å². The van der Waals surface area contributed by atoms with E-state index in [0.29, 0.717) is 17.4 Å². The van der Waals surface area contributed by atoms with Gasteiger partial charge in [0.25, 0.3) is 5.56 Å². The first-order valence-electron chi connectivity index (χ1n) is 4.66. The molecule has 0 amide bonds. The number of unbranched alkanes of at least 4 members (excludes halogenated alkanes) is 2. The molecule has 0 aromatic carbocycles. The molecule has 0 bridgehead atoms. The average molecular weight is 262 g/mol. The summed E-state index contributed by atoms with van der Waals surface area (Å²) in [6.45, 7) is 0.395. The number of halogens is 2. The number of nitrogens with zero attached hydrogens (tertiary/aromatic N) is 1. The third kappa shape index (κ3) is 3.25. The van der Waals surface area contributed by atoms with Crippen molar-refractivity contribution in [3.63, 3.8) is 0 Å². The monoisotopic (exact) mass is 261 g/mol. The number of alkyl halides is 1. The number of hydrogen-bond donors (Lipinski definition) is 0. The maximum atomic E-state index is 11.8. The van der Waals surface area contributed by atoms with Crippen LogP contribution < -0.4 is 5.56 Å². The molecule has 0 saturated heterocycles. The van der Waals surface area contributed by atoms with Crippen molar-refractivity contribution >= 4 is 15.9 Å². The minimum absolute atomic E-state index is 0.0206. The van der Waals surface area contributed by atoms with Gasteiger partial charge in [0, 0.05) is 12.7 Å². The topological polar surface area (TPSA) is 22.0 Å². The molecular weight excluding hydrogens is 249 g/mol. The normalized spacial score (nSPS) is 10.4. The van der Waals surface area contributed by atoms with Crippen LogP contribution in [0.25, 0.3) is 0 Å². The van der Waals surface area contributed by atoms with Crippen LogP contribution in [0.4, 0.5) is 4.39 Å². The number of aryl methyl sites for hydroxylation is 1. The fourth-order valence-electron chi connectivity index (χ4n) is 1.24. The van der Waals surface area contributed by atoms with Gasteiger partial charge in [0.15, 0.2) is 0 Å². The zero-order valence-electron chi connectivity index (χ0n) is 7.88. The van der Waals surface area contributed by atoms with Gasteiger partial charge in [0.05, 0.1) is 11.1 Å². The first-order valence-corrected chi connectivity index (χ1v) is 5.46. The van der Waals surface area contributed by atoms with Gasteiger partial charge in [-0.15, -0.1) is 0 Å². The van der Waals surface area contributed by atoms with E-state index in [1.807, 2.05) is 6.07 Å². The summed E-state index contributed by atoms with van der Waals surface area (Å²) in [6, 6.07) is 3.54. The Morgan fingerprint density at radius 2 is 2.14 bits per heavy atom. The third-order valence-corrected chi connectivity index (χ3v) is 2.61. The first-order chi connectivity index (χ1) is 6.75. The van der Waals surface area contributed by atoms with Crippen LogP contribution in [-0.4, -0.2) is 11.2 Å². The van der Waals surface area contributed by atoms with Gasteiger partial charge in [-0.05, 0) is 47.3 Å². The van der Waals surface area contributed by atoms with E-state index in [1.165, 1.54) is 0 Å². The number of pyridine rings is 1. The van der Waals surface area contributed by atoms with E-state index in [9.17, 15) is 9.18 Å². The molecule has 2 nitrogen and oxygen atoms in total. The molecule has 0 N–H and O–H groups in total. The number of rotatable bonds is 5. The molecule has 0 aliphatic heterocycles. The quantitative estimate of drug-likeness (QED) is 0.748. The Morgan fingerprint density at radius 3 is 2.86 bits per heavy atom. The van der Waals surface area contributed by atoms with E-state index in [-0.39, 0.29) is 12.2 Å². The van der Waals surface area contributed by atoms with E-state index in [1.54, 1.807) is 16.8 Å². The lowest BCUT2D eigenvalue weighted by atomic mass is 10.2. The van der Waals surface area contributed by atoms with Crippen molar-refractivity contribution in [2.75, 3.05) is 6.67 Å². The van der Waals surface area contributed by atoms with Crippen LogP contribution in [0, 0.1) is 0 Å². The Balaban J connectivity index is 2.51. The summed E-state index contributed by atoms with van der Waals surface area (Å²) in [5.74, 6) is 0. The van der Waals surface area contributed by atoms with Crippen LogP contribution in [0.5, 0.6) is 0 Å². The Hall–Kier alpha value is -0.640. The largest absolute Gasteiger partial charge is 0.315 e. The van der Waals surface area contributed by atoms with Gasteiger partial charge >= 0.3 is 0 Å². The maximum absolute atomic E-state index is 11.8. The minimum Gasteiger partial charge on any atom is -0.315 e. The number of aromatic nitrogens is 1. The predicted molar refractivity (Wildman–Crippen MR) is 58.2 cm³/mol. The summed E-state index contributed by atoms with van der Waals surface area (Å²) in [5, 5.41) is 0. The van der Waals surface area contributed by atoms with Gasteiger partial charge in [0.1, 0.15) is 0 Å². The standard InChI is InChI=1S/C10H13BrFNO/c11-9-5-4-8-13(10(9)14)7-3-1-2-6-12/h4-5,8H,1-3,6-7H2. The highest BCUT2D eigenvalue weighted by molar-refractivity contribution is 9.10. The molecule has 0 unspecified atom stereocenters. The van der Waals surface area contributed by atoms with E-state index >= 15 is 0 Å². The lowest BCUT2D eigenvalue weighted by Gasteiger charge is -2.04. The van der Waals surface area contributed by atoms with Crippen molar-refractivity contribution in [2.24, 2.45) is 0 Å². The van der Waals surface area contributed by atoms with E-state index in [2.05, 4.69) is 15.9 Å². The maximum Gasteiger partial charge on any atom is 0.264 e. The van der Waals surface area contributed by atoms with Crippen LogP contribution >= 0.6 is 15.9 Å². The fourth-order valence-corrected chi connectivity index (χ4v) is 1.62. The molecule has 0 aliphatic carbocycles. The van der Waals surface area contributed by atoms with Crippen molar-refractivity contribution in [3.8, 4) is 0 Å². The highest BCUT2D eigenvalue weighted by atomic mass is 79.9. The molecule has 1 heterocycles. The molecule has 0 spiro atoms. The molecular formula is C10H13BrFNO. The Labute approximate surface area is 90.9 Å². The van der Waals surface area contributed by atoms with Crippen LogP contribution in [-0.2, 0) is 6.54 Å². The van der Waals surface area contributed by atoms with Crippen molar-refractivity contribution in [1.29, 1.82) is 0 Å². The molecule has 14 heavy (non-hydrogen) atoms. The van der Waals surface area contributed by atoms with Crippen molar-refractivity contribution in [1.82, 2.24) is 4.57 Å². The van der Waals surface area contributed by atoms with Crippen LogP contribution in [0.1, 0.15) is 19.3 Å². The smallest absolute Gasteiger partial charge is 0.264 e. The van der Waals surface area contributed by atoms with Gasteiger partial charge in [-0.3, -0.25) is 9.18 Å². The fraction of sp³-hybridized carbons (Fsp3) is 0.500. The van der Waals surface area contributed by atoms with Gasteiger partial charge < -0.3 is 4.57 Å². The van der Waals surface area contributed by atoms with Gasteiger partial charge in [0.2, 0.25) is 0 Å². The van der Waals surface area contributed by atoms with Crippen molar-refractivity contribution in [3.05, 3.63) is 33.2 Å². The zero-order valence-corrected chi connectivity index (χ0v) is 9.46. The molecule has 1 aromatic rings. The van der Waals surface area contributed by atoms with Crippen LogP contribution in [0.2, 0.25) is 0 Å². The lowest BCUT2D eigenvalue weighted by Crippen LogP contribution is -2.19. The van der Waals surface area contributed by atoms with Gasteiger partial charge in [-0.1, -0.05) is 0 Å². The molecule has 0 radical (unpaired) electrons. The predicted octanol–water partition coefficient (Wildman–Crippen LogP) is 2.75. The average Bonchev–Trinajstić information content (AvgIpc) is 2.19. The summed E-state index contributed by atoms with van der Waals surface area (Å²) in [6.07, 6.45) is 4.01. The summed E-state index contributed by atoms with van der Waals surface area (Å²) in [4.78, 5) is 11.5. The van der Waals surface area contributed by atoms with E-state index in [0.717, 1.165) is 12.8 Å². The number of hydrogen-bond acceptors (Lipinski definition) is 1. The molecule has 0 atom stereocenters. The SMILES string of the molecule is O=c1c(Br)cccn1CCCCCF. The highest BCUT2D eigenvalue weighted by Crippen LogP contribution is 2.02. The summed E-state index contributed by atoms with van der Waals surface area (Å²) < 4.78 is 14.0. The van der Waals surface area contributed by atoms with Crippen LogP contribution in [0.15, 0.2) is 27.6 Å². The second-order valence-corrected chi connectivity index (χ2v) is 3.96. The van der Waals surface area contributed by atoms with E-state index in [4.69, 9.17) is 0 Å². The Morgan fingerprint density at radius 1 is 1.36 bits per heavy atom. The second kappa shape index (κ2) is 5.96. The molecule has 0 aliphatic rings. The van der Waals surface area contributed by atoms with Crippen LogP contribution in [0.3, 0.4) is 0 Å². The van der Waals surface area contributed by atoms with E-state index < -0.39 is 0 Å². The first kappa shape index (κ1) is 11.4.